The van der Waals surface area contributed by atoms with Crippen LogP contribution >= 0.6 is 11.6 Å². The minimum Gasteiger partial charge on any atom is -0.357 e. The van der Waals surface area contributed by atoms with Crippen molar-refractivity contribution >= 4 is 17.4 Å². The molecule has 0 saturated carbocycles. The summed E-state index contributed by atoms with van der Waals surface area (Å²) in [5.41, 5.74) is 1.15. The summed E-state index contributed by atoms with van der Waals surface area (Å²) in [5.74, 6) is 0.887. The van der Waals surface area contributed by atoms with Gasteiger partial charge in [-0.1, -0.05) is 29.8 Å². The number of rotatable bonds is 3. The average molecular weight is 263 g/mol. The number of anilines is 1. The predicted molar refractivity (Wildman–Crippen MR) is 75.2 cm³/mol. The Hall–Kier alpha value is -1.74. The highest BCUT2D eigenvalue weighted by atomic mass is 35.5. The molecule has 1 heterocycles. The Balaban J connectivity index is 2.22. The van der Waals surface area contributed by atoms with Gasteiger partial charge in [0, 0.05) is 31.7 Å². The van der Waals surface area contributed by atoms with E-state index < -0.39 is 0 Å². The van der Waals surface area contributed by atoms with E-state index in [0.29, 0.717) is 0 Å². The van der Waals surface area contributed by atoms with Crippen molar-refractivity contribution in [3.05, 3.63) is 63.4 Å². The Labute approximate surface area is 111 Å². The molecule has 0 aliphatic heterocycles. The second-order valence-corrected chi connectivity index (χ2v) is 4.70. The molecule has 18 heavy (non-hydrogen) atoms. The van der Waals surface area contributed by atoms with Gasteiger partial charge >= 0.3 is 0 Å². The Morgan fingerprint density at radius 1 is 1.17 bits per heavy atom. The summed E-state index contributed by atoms with van der Waals surface area (Å²) in [6, 6.07) is 13.0. The molecule has 0 spiro atoms. The smallest absolute Gasteiger partial charge is 0.251 e. The van der Waals surface area contributed by atoms with Crippen molar-refractivity contribution in [3.63, 3.8) is 0 Å². The highest BCUT2D eigenvalue weighted by Gasteiger charge is 2.05. The molecule has 94 valence electrons. The molecular formula is C14H15ClN2O. The number of hydrogen-bond acceptors (Lipinski definition) is 2. The molecule has 3 nitrogen and oxygen atoms in total. The zero-order chi connectivity index (χ0) is 13.1. The van der Waals surface area contributed by atoms with E-state index in [1.807, 2.05) is 42.3 Å². The normalized spacial score (nSPS) is 10.4. The lowest BCUT2D eigenvalue weighted by Crippen LogP contribution is -2.26. The zero-order valence-corrected chi connectivity index (χ0v) is 11.2. The van der Waals surface area contributed by atoms with Gasteiger partial charge in [0.1, 0.15) is 5.82 Å². The second-order valence-electron chi connectivity index (χ2n) is 4.26. The lowest BCUT2D eigenvalue weighted by molar-refractivity contribution is 0.788. The van der Waals surface area contributed by atoms with E-state index in [0.717, 1.165) is 22.9 Å². The predicted octanol–water partition coefficient (Wildman–Crippen LogP) is 2.68. The summed E-state index contributed by atoms with van der Waals surface area (Å²) in [6.07, 6.45) is 0. The SMILES string of the molecule is CN(Cc1ccc(Cl)cc1)c1cccc(=O)n1C. The fourth-order valence-electron chi connectivity index (χ4n) is 1.88. The maximum atomic E-state index is 11.6. The van der Waals surface area contributed by atoms with Gasteiger partial charge in [0.15, 0.2) is 0 Å². The van der Waals surface area contributed by atoms with Crippen LogP contribution in [0.4, 0.5) is 5.82 Å². The van der Waals surface area contributed by atoms with Gasteiger partial charge in [-0.3, -0.25) is 9.36 Å². The number of hydrogen-bond donors (Lipinski definition) is 0. The maximum Gasteiger partial charge on any atom is 0.251 e. The molecule has 1 aromatic heterocycles. The topological polar surface area (TPSA) is 25.2 Å². The first-order valence-corrected chi connectivity index (χ1v) is 6.07. The van der Waals surface area contributed by atoms with E-state index in [9.17, 15) is 4.79 Å². The van der Waals surface area contributed by atoms with E-state index in [4.69, 9.17) is 11.6 Å². The molecule has 0 unspecified atom stereocenters. The molecule has 0 atom stereocenters. The van der Waals surface area contributed by atoms with Crippen molar-refractivity contribution in [2.75, 3.05) is 11.9 Å². The Bertz CT molecular complexity index is 589. The third-order valence-electron chi connectivity index (χ3n) is 2.88. The monoisotopic (exact) mass is 262 g/mol. The summed E-state index contributed by atoms with van der Waals surface area (Å²) in [7, 11) is 3.74. The summed E-state index contributed by atoms with van der Waals surface area (Å²) < 4.78 is 1.63. The average Bonchev–Trinajstić information content (AvgIpc) is 2.35. The number of aromatic nitrogens is 1. The van der Waals surface area contributed by atoms with Crippen LogP contribution in [0.2, 0.25) is 5.02 Å². The summed E-state index contributed by atoms with van der Waals surface area (Å²) in [5, 5.41) is 0.730. The summed E-state index contributed by atoms with van der Waals surface area (Å²) >= 11 is 5.85. The van der Waals surface area contributed by atoms with Gasteiger partial charge in [-0.15, -0.1) is 0 Å². The number of halogens is 1. The van der Waals surface area contributed by atoms with Gasteiger partial charge < -0.3 is 4.90 Å². The van der Waals surface area contributed by atoms with Crippen molar-refractivity contribution in [1.82, 2.24) is 4.57 Å². The molecule has 1 aromatic carbocycles. The number of nitrogens with zero attached hydrogens (tertiary/aromatic N) is 2. The molecule has 0 amide bonds. The third-order valence-corrected chi connectivity index (χ3v) is 3.13. The highest BCUT2D eigenvalue weighted by molar-refractivity contribution is 6.30. The van der Waals surface area contributed by atoms with Crippen molar-refractivity contribution in [2.24, 2.45) is 7.05 Å². The first-order valence-electron chi connectivity index (χ1n) is 5.69. The van der Waals surface area contributed by atoms with Crippen molar-refractivity contribution in [3.8, 4) is 0 Å². The molecule has 0 aliphatic carbocycles. The van der Waals surface area contributed by atoms with E-state index in [-0.39, 0.29) is 5.56 Å². The van der Waals surface area contributed by atoms with Gasteiger partial charge in [0.2, 0.25) is 0 Å². The van der Waals surface area contributed by atoms with E-state index in [2.05, 4.69) is 0 Å². The van der Waals surface area contributed by atoms with E-state index in [1.54, 1.807) is 23.7 Å². The van der Waals surface area contributed by atoms with Crippen LogP contribution in [0.3, 0.4) is 0 Å². The minimum absolute atomic E-state index is 0.00421. The largest absolute Gasteiger partial charge is 0.357 e. The molecule has 0 fully saturated rings. The van der Waals surface area contributed by atoms with E-state index >= 15 is 0 Å². The molecule has 0 N–H and O–H groups in total. The Kier molecular flexibility index (Phi) is 3.72. The number of pyridine rings is 1. The van der Waals surface area contributed by atoms with Crippen molar-refractivity contribution in [1.29, 1.82) is 0 Å². The van der Waals surface area contributed by atoms with E-state index in [1.165, 1.54) is 0 Å². The minimum atomic E-state index is -0.00421. The molecule has 0 aliphatic rings. The Morgan fingerprint density at radius 2 is 1.83 bits per heavy atom. The van der Waals surface area contributed by atoms with Crippen LogP contribution in [0, 0.1) is 0 Å². The molecule has 4 heteroatoms. The quantitative estimate of drug-likeness (QED) is 0.850. The van der Waals surface area contributed by atoms with Gasteiger partial charge in [0.25, 0.3) is 5.56 Å². The highest BCUT2D eigenvalue weighted by Crippen LogP contribution is 2.15. The zero-order valence-electron chi connectivity index (χ0n) is 10.4. The van der Waals surface area contributed by atoms with Crippen molar-refractivity contribution in [2.45, 2.75) is 6.54 Å². The van der Waals surface area contributed by atoms with Crippen LogP contribution in [-0.2, 0) is 13.6 Å². The lowest BCUT2D eigenvalue weighted by atomic mass is 10.2. The van der Waals surface area contributed by atoms with Crippen LogP contribution < -0.4 is 10.5 Å². The summed E-state index contributed by atoms with van der Waals surface area (Å²) in [6.45, 7) is 0.731. The van der Waals surface area contributed by atoms with Gasteiger partial charge in [0.05, 0.1) is 0 Å². The first-order chi connectivity index (χ1) is 8.58. The van der Waals surface area contributed by atoms with Crippen LogP contribution in [0.15, 0.2) is 47.3 Å². The van der Waals surface area contributed by atoms with Crippen LogP contribution in [0.1, 0.15) is 5.56 Å². The lowest BCUT2D eigenvalue weighted by Gasteiger charge is -2.21. The van der Waals surface area contributed by atoms with Crippen LogP contribution in [0.5, 0.6) is 0 Å². The molecule has 0 radical (unpaired) electrons. The first kappa shape index (κ1) is 12.7. The van der Waals surface area contributed by atoms with Gasteiger partial charge in [-0.05, 0) is 23.8 Å². The maximum absolute atomic E-state index is 11.6. The van der Waals surface area contributed by atoms with Crippen LogP contribution in [0.25, 0.3) is 0 Å². The molecule has 2 rings (SSSR count). The second kappa shape index (κ2) is 5.27. The molecule has 2 aromatic rings. The molecule has 0 saturated heterocycles. The number of benzene rings is 1. The summed E-state index contributed by atoms with van der Waals surface area (Å²) in [4.78, 5) is 13.6. The van der Waals surface area contributed by atoms with Gasteiger partial charge in [-0.25, -0.2) is 0 Å². The standard InChI is InChI=1S/C14H15ClN2O/c1-16(10-11-6-8-12(15)9-7-11)13-4-3-5-14(18)17(13)2/h3-9H,10H2,1-2H3. The van der Waals surface area contributed by atoms with Crippen molar-refractivity contribution < 1.29 is 0 Å². The Morgan fingerprint density at radius 3 is 2.50 bits per heavy atom. The fraction of sp³-hybridized carbons (Fsp3) is 0.214. The van der Waals surface area contributed by atoms with Gasteiger partial charge in [-0.2, -0.15) is 0 Å². The molecular weight excluding hydrogens is 248 g/mol. The molecule has 0 bridgehead atoms. The van der Waals surface area contributed by atoms with Crippen LogP contribution in [-0.4, -0.2) is 11.6 Å². The third kappa shape index (κ3) is 2.74. The fourth-order valence-corrected chi connectivity index (χ4v) is 2.01.